The molecule has 0 aliphatic rings. The summed E-state index contributed by atoms with van der Waals surface area (Å²) in [5.74, 6) is 4.97. The maximum atomic E-state index is 11.7. The van der Waals surface area contributed by atoms with Gasteiger partial charge in [0, 0.05) is 28.2 Å². The van der Waals surface area contributed by atoms with E-state index in [9.17, 15) is 9.59 Å². The fourth-order valence-corrected chi connectivity index (χ4v) is 1.57. The molecule has 1 N–H and O–H groups in total. The lowest BCUT2D eigenvalue weighted by Crippen LogP contribution is -2.02. The molecule has 3 nitrogen and oxygen atoms in total. The average molecular weight is 211 g/mol. The van der Waals surface area contributed by atoms with E-state index in [1.54, 1.807) is 24.3 Å². The van der Waals surface area contributed by atoms with Crippen LogP contribution in [0.15, 0.2) is 29.1 Å². The van der Waals surface area contributed by atoms with Crippen LogP contribution in [0.5, 0.6) is 0 Å². The Morgan fingerprint density at radius 2 is 2.12 bits per heavy atom. The number of H-pyrrole nitrogens is 1. The van der Waals surface area contributed by atoms with Crippen molar-refractivity contribution in [2.45, 2.75) is 6.92 Å². The van der Waals surface area contributed by atoms with Crippen LogP contribution in [0, 0.1) is 18.8 Å². The first-order valence-corrected chi connectivity index (χ1v) is 4.79. The summed E-state index contributed by atoms with van der Waals surface area (Å²) in [6.07, 6.45) is 0.531. The Labute approximate surface area is 92.1 Å². The van der Waals surface area contributed by atoms with Crippen LogP contribution in [0.3, 0.4) is 0 Å². The standard InChI is InChI=1S/C13H9NO2/c1-9-7-13(16)11-8-10(3-2-6-15)4-5-12(11)14-9/h4-8H,1H3,(H,14,16). The molecule has 2 aromatic rings. The van der Waals surface area contributed by atoms with E-state index in [0.717, 1.165) is 11.2 Å². The summed E-state index contributed by atoms with van der Waals surface area (Å²) in [4.78, 5) is 24.9. The number of aldehydes is 1. The van der Waals surface area contributed by atoms with Crippen molar-refractivity contribution in [2.24, 2.45) is 0 Å². The van der Waals surface area contributed by atoms with Crippen molar-refractivity contribution in [3.8, 4) is 11.8 Å². The number of carbonyl (C=O) groups is 1. The summed E-state index contributed by atoms with van der Waals surface area (Å²) in [5.41, 5.74) is 2.22. The van der Waals surface area contributed by atoms with Gasteiger partial charge in [-0.1, -0.05) is 5.92 Å². The van der Waals surface area contributed by atoms with Crippen molar-refractivity contribution in [2.75, 3.05) is 0 Å². The molecule has 78 valence electrons. The molecule has 0 bridgehead atoms. The van der Waals surface area contributed by atoms with Crippen LogP contribution >= 0.6 is 0 Å². The van der Waals surface area contributed by atoms with E-state index in [1.807, 2.05) is 6.92 Å². The molecule has 3 heteroatoms. The second kappa shape index (κ2) is 4.03. The van der Waals surface area contributed by atoms with E-state index in [0.29, 0.717) is 17.2 Å². The highest BCUT2D eigenvalue weighted by Crippen LogP contribution is 2.10. The summed E-state index contributed by atoms with van der Waals surface area (Å²) in [6, 6.07) is 6.79. The quantitative estimate of drug-likeness (QED) is 0.528. The van der Waals surface area contributed by atoms with Gasteiger partial charge in [-0.2, -0.15) is 0 Å². The van der Waals surface area contributed by atoms with Crippen molar-refractivity contribution in [1.82, 2.24) is 4.98 Å². The molecule has 2 rings (SSSR count). The Kier molecular flexibility index (Phi) is 2.57. The van der Waals surface area contributed by atoms with Gasteiger partial charge in [-0.05, 0) is 31.0 Å². The highest BCUT2D eigenvalue weighted by Gasteiger charge is 2.00. The monoisotopic (exact) mass is 211 g/mol. The number of aromatic nitrogens is 1. The molecule has 1 aromatic heterocycles. The maximum Gasteiger partial charge on any atom is 0.193 e. The van der Waals surface area contributed by atoms with E-state index >= 15 is 0 Å². The van der Waals surface area contributed by atoms with Gasteiger partial charge in [-0.3, -0.25) is 9.59 Å². The third-order valence-corrected chi connectivity index (χ3v) is 2.24. The number of carbonyl (C=O) groups excluding carboxylic acids is 1. The predicted octanol–water partition coefficient (Wildman–Crippen LogP) is 1.39. The minimum atomic E-state index is -0.0407. The number of fused-ring (bicyclic) bond motifs is 1. The van der Waals surface area contributed by atoms with Crippen molar-refractivity contribution in [3.05, 3.63) is 45.7 Å². The zero-order valence-electron chi connectivity index (χ0n) is 8.70. The molecule has 0 atom stereocenters. The minimum absolute atomic E-state index is 0.0407. The molecule has 0 radical (unpaired) electrons. The largest absolute Gasteiger partial charge is 0.358 e. The van der Waals surface area contributed by atoms with Crippen LogP contribution in [-0.2, 0) is 4.79 Å². The predicted molar refractivity (Wildman–Crippen MR) is 62.2 cm³/mol. The number of rotatable bonds is 0. The van der Waals surface area contributed by atoms with Crippen LogP contribution in [0.2, 0.25) is 0 Å². The lowest BCUT2D eigenvalue weighted by molar-refractivity contribution is -0.103. The Hall–Kier alpha value is -2.34. The van der Waals surface area contributed by atoms with Gasteiger partial charge in [0.05, 0.1) is 0 Å². The first-order chi connectivity index (χ1) is 7.70. The zero-order valence-corrected chi connectivity index (χ0v) is 8.70. The number of nitrogens with one attached hydrogen (secondary N) is 1. The highest BCUT2D eigenvalue weighted by atomic mass is 16.1. The molecule has 0 saturated carbocycles. The fraction of sp³-hybridized carbons (Fsp3) is 0.0769. The van der Waals surface area contributed by atoms with Gasteiger partial charge in [0.2, 0.25) is 0 Å². The topological polar surface area (TPSA) is 49.9 Å². The molecule has 0 fully saturated rings. The first kappa shape index (κ1) is 10.2. The van der Waals surface area contributed by atoms with Gasteiger partial charge in [-0.15, -0.1) is 0 Å². The molecule has 0 aliphatic carbocycles. The van der Waals surface area contributed by atoms with E-state index in [1.165, 1.54) is 0 Å². The SMILES string of the molecule is Cc1cc(=O)c2cc(C#CC=O)ccc2[nH]1. The third kappa shape index (κ3) is 1.86. The lowest BCUT2D eigenvalue weighted by atomic mass is 10.1. The second-order valence-electron chi connectivity index (χ2n) is 3.46. The molecule has 1 aromatic carbocycles. The molecular formula is C13H9NO2. The van der Waals surface area contributed by atoms with Crippen LogP contribution in [-0.4, -0.2) is 11.3 Å². The number of aromatic amines is 1. The third-order valence-electron chi connectivity index (χ3n) is 2.24. The summed E-state index contributed by atoms with van der Waals surface area (Å²) < 4.78 is 0. The lowest BCUT2D eigenvalue weighted by Gasteiger charge is -2.00. The van der Waals surface area contributed by atoms with E-state index in [-0.39, 0.29) is 5.43 Å². The Balaban J connectivity index is 2.71. The van der Waals surface area contributed by atoms with Gasteiger partial charge in [-0.25, -0.2) is 0 Å². The van der Waals surface area contributed by atoms with Crippen molar-refractivity contribution in [3.63, 3.8) is 0 Å². The average Bonchev–Trinajstić information content (AvgIpc) is 2.26. The van der Waals surface area contributed by atoms with Crippen LogP contribution < -0.4 is 5.43 Å². The molecule has 16 heavy (non-hydrogen) atoms. The molecular weight excluding hydrogens is 202 g/mol. The molecule has 0 spiro atoms. The van der Waals surface area contributed by atoms with E-state index in [2.05, 4.69) is 16.8 Å². The Bertz CT molecular complexity index is 672. The molecule has 0 aliphatic heterocycles. The normalized spacial score (nSPS) is 9.56. The Morgan fingerprint density at radius 3 is 2.88 bits per heavy atom. The molecule has 0 amide bonds. The smallest absolute Gasteiger partial charge is 0.193 e. The second-order valence-corrected chi connectivity index (χ2v) is 3.46. The summed E-state index contributed by atoms with van der Waals surface area (Å²) in [7, 11) is 0. The number of hydrogen-bond acceptors (Lipinski definition) is 2. The van der Waals surface area contributed by atoms with Gasteiger partial charge >= 0.3 is 0 Å². The van der Waals surface area contributed by atoms with Crippen molar-refractivity contribution in [1.29, 1.82) is 0 Å². The summed E-state index contributed by atoms with van der Waals surface area (Å²) >= 11 is 0. The van der Waals surface area contributed by atoms with Gasteiger partial charge in [0.1, 0.15) is 0 Å². The highest BCUT2D eigenvalue weighted by molar-refractivity contribution is 5.81. The maximum absolute atomic E-state index is 11.7. The van der Waals surface area contributed by atoms with Gasteiger partial charge < -0.3 is 4.98 Å². The summed E-state index contributed by atoms with van der Waals surface area (Å²) in [6.45, 7) is 1.83. The molecule has 0 saturated heterocycles. The van der Waals surface area contributed by atoms with Crippen LogP contribution in [0.1, 0.15) is 11.3 Å². The van der Waals surface area contributed by atoms with Crippen LogP contribution in [0.25, 0.3) is 10.9 Å². The summed E-state index contributed by atoms with van der Waals surface area (Å²) in [5, 5.41) is 0.586. The Morgan fingerprint density at radius 1 is 1.31 bits per heavy atom. The van der Waals surface area contributed by atoms with E-state index < -0.39 is 0 Å². The van der Waals surface area contributed by atoms with Crippen molar-refractivity contribution < 1.29 is 4.79 Å². The number of aryl methyl sites for hydroxylation is 1. The first-order valence-electron chi connectivity index (χ1n) is 4.79. The number of benzene rings is 1. The number of pyridine rings is 1. The fourth-order valence-electron chi connectivity index (χ4n) is 1.57. The molecule has 1 heterocycles. The van der Waals surface area contributed by atoms with E-state index in [4.69, 9.17) is 0 Å². The van der Waals surface area contributed by atoms with Crippen LogP contribution in [0.4, 0.5) is 0 Å². The number of hydrogen-bond donors (Lipinski definition) is 1. The minimum Gasteiger partial charge on any atom is -0.358 e. The molecule has 0 unspecified atom stereocenters. The zero-order chi connectivity index (χ0) is 11.5. The van der Waals surface area contributed by atoms with Crippen molar-refractivity contribution >= 4 is 17.2 Å². The van der Waals surface area contributed by atoms with Gasteiger partial charge in [0.15, 0.2) is 11.7 Å². The van der Waals surface area contributed by atoms with Gasteiger partial charge in [0.25, 0.3) is 0 Å².